The molecule has 2 aromatic heterocycles. The van der Waals surface area contributed by atoms with Crippen molar-refractivity contribution in [3.05, 3.63) is 44.6 Å². The summed E-state index contributed by atoms with van der Waals surface area (Å²) < 4.78 is 17.2. The third kappa shape index (κ3) is 4.49. The molecule has 0 spiro atoms. The van der Waals surface area contributed by atoms with Crippen LogP contribution in [0, 0.1) is 0 Å². The first-order valence-corrected chi connectivity index (χ1v) is 12.3. The number of nitrogens with zero attached hydrogens (tertiary/aromatic N) is 2. The molecule has 170 valence electrons. The quantitative estimate of drug-likeness (QED) is 0.279. The monoisotopic (exact) mass is 474 g/mol. The number of methoxy groups -OCH3 is 3. The van der Waals surface area contributed by atoms with Crippen LogP contribution in [-0.2, 0) is 35.3 Å². The molecule has 0 N–H and O–H groups in total. The number of hydrogen-bond donors (Lipinski definition) is 0. The number of carbonyl (C=O) groups excluding carboxylic acids is 1. The van der Waals surface area contributed by atoms with Crippen LogP contribution in [0.15, 0.2) is 28.2 Å². The van der Waals surface area contributed by atoms with Crippen LogP contribution in [0.1, 0.15) is 28.8 Å². The lowest BCUT2D eigenvalue weighted by atomic mass is 9.97. The highest BCUT2D eigenvalue weighted by molar-refractivity contribution is 7.99. The van der Waals surface area contributed by atoms with Gasteiger partial charge in [-0.25, -0.2) is 4.98 Å². The van der Waals surface area contributed by atoms with E-state index in [1.165, 1.54) is 23.7 Å². The third-order valence-corrected chi connectivity index (χ3v) is 7.79. The summed E-state index contributed by atoms with van der Waals surface area (Å²) in [5, 5.41) is 1.30. The molecule has 2 heterocycles. The minimum atomic E-state index is -0.346. The van der Waals surface area contributed by atoms with Gasteiger partial charge in [-0.3, -0.25) is 14.2 Å². The standard InChI is InChI=1S/C23H26N2O5S2/c1-28-16-9-8-14(12-17(16)29-2)10-11-25-22(27)20-15-6-4-5-7-18(15)32-21(20)24-23(25)31-13-19(26)30-3/h8-9,12H,4-7,10-11,13H2,1-3H3. The Morgan fingerprint density at radius 3 is 2.69 bits per heavy atom. The van der Waals surface area contributed by atoms with E-state index in [0.717, 1.165) is 47.0 Å². The molecule has 0 unspecified atom stereocenters. The first-order chi connectivity index (χ1) is 15.5. The number of thiophene rings is 1. The highest BCUT2D eigenvalue weighted by Crippen LogP contribution is 2.35. The molecule has 1 aliphatic carbocycles. The number of esters is 1. The van der Waals surface area contributed by atoms with Crippen LogP contribution < -0.4 is 15.0 Å². The van der Waals surface area contributed by atoms with Crippen LogP contribution in [0.25, 0.3) is 10.2 Å². The first kappa shape index (κ1) is 22.7. The van der Waals surface area contributed by atoms with Gasteiger partial charge in [0.1, 0.15) is 4.83 Å². The number of aromatic nitrogens is 2. The number of hydrogen-bond acceptors (Lipinski definition) is 8. The van der Waals surface area contributed by atoms with Crippen LogP contribution >= 0.6 is 23.1 Å². The van der Waals surface area contributed by atoms with Crippen molar-refractivity contribution >= 4 is 39.3 Å². The largest absolute Gasteiger partial charge is 0.493 e. The van der Waals surface area contributed by atoms with Crippen LogP contribution in [0.5, 0.6) is 11.5 Å². The number of aryl methyl sites for hydroxylation is 3. The van der Waals surface area contributed by atoms with Gasteiger partial charge in [-0.2, -0.15) is 0 Å². The minimum Gasteiger partial charge on any atom is -0.493 e. The Hall–Kier alpha value is -2.52. The molecule has 0 bridgehead atoms. The van der Waals surface area contributed by atoms with E-state index >= 15 is 0 Å². The summed E-state index contributed by atoms with van der Waals surface area (Å²) in [6.07, 6.45) is 4.80. The van der Waals surface area contributed by atoms with E-state index in [0.29, 0.717) is 29.6 Å². The highest BCUT2D eigenvalue weighted by Gasteiger charge is 2.22. The number of rotatable bonds is 8. The molecule has 1 aliphatic rings. The van der Waals surface area contributed by atoms with Gasteiger partial charge in [0, 0.05) is 11.4 Å². The average Bonchev–Trinajstić information content (AvgIpc) is 3.20. The van der Waals surface area contributed by atoms with Gasteiger partial charge in [0.05, 0.1) is 32.5 Å². The average molecular weight is 475 g/mol. The van der Waals surface area contributed by atoms with Crippen molar-refractivity contribution in [1.82, 2.24) is 9.55 Å². The summed E-state index contributed by atoms with van der Waals surface area (Å²) in [6, 6.07) is 5.75. The summed E-state index contributed by atoms with van der Waals surface area (Å²) in [7, 11) is 4.56. The van der Waals surface area contributed by atoms with E-state index in [4.69, 9.17) is 19.2 Å². The van der Waals surface area contributed by atoms with E-state index in [9.17, 15) is 9.59 Å². The second kappa shape index (κ2) is 9.95. The van der Waals surface area contributed by atoms with Gasteiger partial charge >= 0.3 is 5.97 Å². The first-order valence-electron chi connectivity index (χ1n) is 10.5. The van der Waals surface area contributed by atoms with Crippen LogP contribution in [-0.4, -0.2) is 42.6 Å². The topological polar surface area (TPSA) is 79.7 Å². The lowest BCUT2D eigenvalue weighted by molar-refractivity contribution is -0.137. The van der Waals surface area contributed by atoms with E-state index in [2.05, 4.69) is 0 Å². The number of ether oxygens (including phenoxy) is 3. The molecule has 0 radical (unpaired) electrons. The van der Waals surface area contributed by atoms with Gasteiger partial charge in [-0.15, -0.1) is 11.3 Å². The molecular weight excluding hydrogens is 448 g/mol. The molecule has 0 aliphatic heterocycles. The van der Waals surface area contributed by atoms with Gasteiger partial charge in [0.25, 0.3) is 5.56 Å². The number of benzene rings is 1. The maximum Gasteiger partial charge on any atom is 0.316 e. The molecule has 4 rings (SSSR count). The maximum atomic E-state index is 13.6. The smallest absolute Gasteiger partial charge is 0.316 e. The maximum absolute atomic E-state index is 13.6. The lowest BCUT2D eigenvalue weighted by Gasteiger charge is -2.14. The predicted molar refractivity (Wildman–Crippen MR) is 127 cm³/mol. The zero-order valence-electron chi connectivity index (χ0n) is 18.4. The summed E-state index contributed by atoms with van der Waals surface area (Å²) in [6.45, 7) is 0.450. The Morgan fingerprint density at radius 2 is 1.94 bits per heavy atom. The van der Waals surface area contributed by atoms with Gasteiger partial charge in [-0.1, -0.05) is 17.8 Å². The van der Waals surface area contributed by atoms with E-state index in [1.807, 2.05) is 18.2 Å². The summed E-state index contributed by atoms with van der Waals surface area (Å²) in [4.78, 5) is 32.2. The molecule has 0 saturated carbocycles. The van der Waals surface area contributed by atoms with Gasteiger partial charge in [0.15, 0.2) is 16.7 Å². The van der Waals surface area contributed by atoms with Crippen molar-refractivity contribution in [1.29, 1.82) is 0 Å². The number of carbonyl (C=O) groups is 1. The Kier molecular flexibility index (Phi) is 7.05. The highest BCUT2D eigenvalue weighted by atomic mass is 32.2. The van der Waals surface area contributed by atoms with Crippen LogP contribution in [0.2, 0.25) is 0 Å². The fraction of sp³-hybridized carbons (Fsp3) is 0.435. The molecular formula is C23H26N2O5S2. The molecule has 3 aromatic rings. The molecule has 7 nitrogen and oxygen atoms in total. The second-order valence-electron chi connectivity index (χ2n) is 7.55. The minimum absolute atomic E-state index is 0.0257. The van der Waals surface area contributed by atoms with Crippen molar-refractivity contribution in [3.8, 4) is 11.5 Å². The molecule has 0 saturated heterocycles. The summed E-state index contributed by atoms with van der Waals surface area (Å²) in [5.41, 5.74) is 2.16. The zero-order chi connectivity index (χ0) is 22.7. The number of thioether (sulfide) groups is 1. The Balaban J connectivity index is 1.71. The second-order valence-corrected chi connectivity index (χ2v) is 9.57. The van der Waals surface area contributed by atoms with Gasteiger partial charge < -0.3 is 14.2 Å². The van der Waals surface area contributed by atoms with E-state index in [1.54, 1.807) is 30.1 Å². The fourth-order valence-electron chi connectivity index (χ4n) is 3.99. The van der Waals surface area contributed by atoms with E-state index in [-0.39, 0.29) is 17.3 Å². The van der Waals surface area contributed by atoms with E-state index < -0.39 is 0 Å². The zero-order valence-corrected chi connectivity index (χ0v) is 20.1. The molecule has 9 heteroatoms. The molecule has 0 amide bonds. The van der Waals surface area contributed by atoms with Crippen LogP contribution in [0.4, 0.5) is 0 Å². The molecule has 1 aromatic carbocycles. The molecule has 32 heavy (non-hydrogen) atoms. The fourth-order valence-corrected chi connectivity index (χ4v) is 6.15. The Labute approximate surface area is 194 Å². The molecule has 0 fully saturated rings. The predicted octanol–water partition coefficient (Wildman–Crippen LogP) is 3.86. The van der Waals surface area contributed by atoms with Crippen molar-refractivity contribution in [2.45, 2.75) is 43.8 Å². The van der Waals surface area contributed by atoms with Gasteiger partial charge in [0.2, 0.25) is 0 Å². The summed E-state index contributed by atoms with van der Waals surface area (Å²) >= 11 is 2.86. The normalized spacial score (nSPS) is 13.1. The van der Waals surface area contributed by atoms with Crippen molar-refractivity contribution in [2.75, 3.05) is 27.1 Å². The van der Waals surface area contributed by atoms with Gasteiger partial charge in [-0.05, 0) is 55.4 Å². The third-order valence-electron chi connectivity index (χ3n) is 5.66. The Bertz CT molecular complexity index is 1200. The van der Waals surface area contributed by atoms with Crippen LogP contribution in [0.3, 0.4) is 0 Å². The van der Waals surface area contributed by atoms with Crippen molar-refractivity contribution in [3.63, 3.8) is 0 Å². The number of fused-ring (bicyclic) bond motifs is 3. The lowest BCUT2D eigenvalue weighted by Crippen LogP contribution is -2.25. The van der Waals surface area contributed by atoms with Crippen molar-refractivity contribution in [2.24, 2.45) is 0 Å². The summed E-state index contributed by atoms with van der Waals surface area (Å²) in [5.74, 6) is 1.07. The molecule has 0 atom stereocenters. The SMILES string of the molecule is COC(=O)CSc1nc2sc3c(c2c(=O)n1CCc1ccc(OC)c(OC)c1)CCCC3. The van der Waals surface area contributed by atoms with Crippen molar-refractivity contribution < 1.29 is 19.0 Å². The Morgan fingerprint density at radius 1 is 1.16 bits per heavy atom.